The van der Waals surface area contributed by atoms with Gasteiger partial charge in [-0.2, -0.15) is 5.26 Å². The third-order valence-electron chi connectivity index (χ3n) is 5.50. The van der Waals surface area contributed by atoms with E-state index in [4.69, 9.17) is 0 Å². The molecule has 1 aliphatic heterocycles. The van der Waals surface area contributed by atoms with Crippen LogP contribution in [0.2, 0.25) is 0 Å². The Kier molecular flexibility index (Phi) is 8.14. The maximum Gasteiger partial charge on any atom is 0.216 e. The van der Waals surface area contributed by atoms with E-state index >= 15 is 0 Å². The SMILES string of the molecule is C=C(/C=C/N1CCN(c2ccccc2)CC1)CN=C(C#N)NNC1CCCCC1. The standard InChI is InChI=1S/C23H32N6/c1-20(19-25-23(18-24)27-26-21-8-4-2-5-9-21)12-13-28-14-16-29(17-15-28)22-10-6-3-7-11-22/h3,6-7,10-13,21,26H,1-2,4-5,8-9,14-17,19H2,(H,25,27)/b13-12+. The van der Waals surface area contributed by atoms with E-state index in [1.807, 2.05) is 6.08 Å². The lowest BCUT2D eigenvalue weighted by atomic mass is 9.96. The van der Waals surface area contributed by atoms with Crippen LogP contribution in [0.1, 0.15) is 32.1 Å². The minimum atomic E-state index is 0.321. The van der Waals surface area contributed by atoms with Gasteiger partial charge in [-0.05, 0) is 42.8 Å². The third-order valence-corrected chi connectivity index (χ3v) is 5.50. The molecule has 0 amide bonds. The molecular weight excluding hydrogens is 360 g/mol. The molecule has 0 bridgehead atoms. The summed E-state index contributed by atoms with van der Waals surface area (Å²) in [5, 5.41) is 9.28. The maximum absolute atomic E-state index is 9.28. The average molecular weight is 393 g/mol. The lowest BCUT2D eigenvalue weighted by molar-refractivity contribution is 0.349. The number of benzene rings is 1. The van der Waals surface area contributed by atoms with Gasteiger partial charge in [0.25, 0.3) is 0 Å². The summed E-state index contributed by atoms with van der Waals surface area (Å²) in [5.74, 6) is 0.321. The number of rotatable bonds is 7. The van der Waals surface area contributed by atoms with E-state index < -0.39 is 0 Å². The second kappa shape index (κ2) is 11.3. The van der Waals surface area contributed by atoms with Crippen LogP contribution in [0.5, 0.6) is 0 Å². The van der Waals surface area contributed by atoms with Gasteiger partial charge in [-0.15, -0.1) is 0 Å². The van der Waals surface area contributed by atoms with Gasteiger partial charge in [0.05, 0.1) is 6.54 Å². The van der Waals surface area contributed by atoms with Gasteiger partial charge in [-0.3, -0.25) is 10.4 Å². The van der Waals surface area contributed by atoms with E-state index in [0.717, 1.165) is 44.6 Å². The van der Waals surface area contributed by atoms with Crippen molar-refractivity contribution in [2.45, 2.75) is 38.1 Å². The molecule has 0 unspecified atom stereocenters. The van der Waals surface area contributed by atoms with Crippen molar-refractivity contribution in [1.29, 1.82) is 5.26 Å². The molecule has 154 valence electrons. The van der Waals surface area contributed by atoms with Gasteiger partial charge in [0.1, 0.15) is 6.07 Å². The van der Waals surface area contributed by atoms with Gasteiger partial charge in [0.2, 0.25) is 5.84 Å². The summed E-state index contributed by atoms with van der Waals surface area (Å²) in [5.41, 5.74) is 8.39. The molecule has 2 fully saturated rings. The molecule has 2 aliphatic rings. The van der Waals surface area contributed by atoms with Crippen molar-refractivity contribution in [3.8, 4) is 6.07 Å². The van der Waals surface area contributed by atoms with Crippen molar-refractivity contribution in [3.63, 3.8) is 0 Å². The quantitative estimate of drug-likeness (QED) is 0.323. The van der Waals surface area contributed by atoms with E-state index in [1.165, 1.54) is 24.9 Å². The van der Waals surface area contributed by atoms with Crippen LogP contribution in [0.3, 0.4) is 0 Å². The molecule has 6 heteroatoms. The van der Waals surface area contributed by atoms with Crippen LogP contribution < -0.4 is 15.8 Å². The normalized spacial score (nSPS) is 18.7. The summed E-state index contributed by atoms with van der Waals surface area (Å²) < 4.78 is 0. The fourth-order valence-corrected chi connectivity index (χ4v) is 3.73. The average Bonchev–Trinajstić information content (AvgIpc) is 2.79. The van der Waals surface area contributed by atoms with Crippen LogP contribution in [0, 0.1) is 11.3 Å². The molecule has 1 heterocycles. The number of hydrazine groups is 1. The van der Waals surface area contributed by atoms with Gasteiger partial charge in [-0.25, -0.2) is 5.43 Å². The molecule has 0 spiro atoms. The summed E-state index contributed by atoms with van der Waals surface area (Å²) in [7, 11) is 0. The molecule has 0 atom stereocenters. The molecule has 3 rings (SSSR count). The van der Waals surface area contributed by atoms with Gasteiger partial charge in [-0.1, -0.05) is 44.0 Å². The largest absolute Gasteiger partial charge is 0.374 e. The van der Waals surface area contributed by atoms with Gasteiger partial charge in [0.15, 0.2) is 0 Å². The fourth-order valence-electron chi connectivity index (χ4n) is 3.73. The van der Waals surface area contributed by atoms with E-state index in [9.17, 15) is 5.26 Å². The van der Waals surface area contributed by atoms with Gasteiger partial charge < -0.3 is 9.80 Å². The summed E-state index contributed by atoms with van der Waals surface area (Å²) >= 11 is 0. The van der Waals surface area contributed by atoms with Crippen molar-refractivity contribution >= 4 is 11.5 Å². The fraction of sp³-hybridized carbons (Fsp3) is 0.478. The molecule has 0 aromatic heterocycles. The van der Waals surface area contributed by atoms with E-state index in [2.05, 4.69) is 74.8 Å². The number of hydrogen-bond donors (Lipinski definition) is 2. The Morgan fingerprint density at radius 2 is 1.86 bits per heavy atom. The Balaban J connectivity index is 1.38. The molecule has 1 saturated carbocycles. The first-order valence-corrected chi connectivity index (χ1v) is 10.6. The van der Waals surface area contributed by atoms with Crippen LogP contribution in [0.15, 0.2) is 59.8 Å². The molecule has 29 heavy (non-hydrogen) atoms. The van der Waals surface area contributed by atoms with E-state index in [0.29, 0.717) is 18.4 Å². The Hall–Kier alpha value is -2.78. The first kappa shape index (κ1) is 20.9. The number of nitrogens with zero attached hydrogens (tertiary/aromatic N) is 4. The topological polar surface area (TPSA) is 66.7 Å². The minimum Gasteiger partial charge on any atom is -0.374 e. The lowest BCUT2D eigenvalue weighted by Crippen LogP contribution is -2.44. The predicted molar refractivity (Wildman–Crippen MR) is 120 cm³/mol. The summed E-state index contributed by atoms with van der Waals surface area (Å²) in [4.78, 5) is 9.06. The van der Waals surface area contributed by atoms with Crippen LogP contribution in [-0.4, -0.2) is 49.5 Å². The zero-order valence-corrected chi connectivity index (χ0v) is 17.2. The number of amidine groups is 1. The van der Waals surface area contributed by atoms with E-state index in [-0.39, 0.29) is 0 Å². The van der Waals surface area contributed by atoms with Crippen LogP contribution in [-0.2, 0) is 0 Å². The lowest BCUT2D eigenvalue weighted by Gasteiger charge is -2.35. The van der Waals surface area contributed by atoms with Gasteiger partial charge >= 0.3 is 0 Å². The molecule has 1 aliphatic carbocycles. The van der Waals surface area contributed by atoms with E-state index in [1.54, 1.807) is 0 Å². The molecule has 1 aromatic rings. The van der Waals surface area contributed by atoms with Crippen LogP contribution in [0.25, 0.3) is 0 Å². The first-order chi connectivity index (χ1) is 14.2. The Labute approximate surface area is 174 Å². The van der Waals surface area contributed by atoms with Crippen molar-refractivity contribution in [2.75, 3.05) is 37.6 Å². The number of nitrogens with one attached hydrogen (secondary N) is 2. The Bertz CT molecular complexity index is 734. The van der Waals surface area contributed by atoms with Crippen LogP contribution in [0.4, 0.5) is 5.69 Å². The zero-order chi connectivity index (χ0) is 20.3. The second-order valence-corrected chi connectivity index (χ2v) is 7.71. The molecular formula is C23H32N6. The summed E-state index contributed by atoms with van der Waals surface area (Å²) in [6.45, 7) is 8.47. The Morgan fingerprint density at radius 3 is 2.55 bits per heavy atom. The molecule has 1 saturated heterocycles. The highest BCUT2D eigenvalue weighted by molar-refractivity contribution is 5.96. The monoisotopic (exact) mass is 392 g/mol. The number of aliphatic imine (C=N–C) groups is 1. The smallest absolute Gasteiger partial charge is 0.216 e. The van der Waals surface area contributed by atoms with Crippen molar-refractivity contribution in [1.82, 2.24) is 15.8 Å². The summed E-state index contributed by atoms with van der Waals surface area (Å²) in [6, 6.07) is 13.1. The highest BCUT2D eigenvalue weighted by Crippen LogP contribution is 2.17. The number of anilines is 1. The highest BCUT2D eigenvalue weighted by atomic mass is 15.4. The molecule has 1 aromatic carbocycles. The highest BCUT2D eigenvalue weighted by Gasteiger charge is 2.14. The molecule has 2 N–H and O–H groups in total. The van der Waals surface area contributed by atoms with Gasteiger partial charge in [0, 0.05) is 37.9 Å². The Morgan fingerprint density at radius 1 is 1.14 bits per heavy atom. The minimum absolute atomic E-state index is 0.321. The third kappa shape index (κ3) is 6.95. The van der Waals surface area contributed by atoms with Crippen molar-refractivity contribution in [2.24, 2.45) is 4.99 Å². The number of piperazine rings is 1. The summed E-state index contributed by atoms with van der Waals surface area (Å²) in [6.07, 6.45) is 10.2. The molecule has 0 radical (unpaired) electrons. The second-order valence-electron chi connectivity index (χ2n) is 7.71. The van der Waals surface area contributed by atoms with Crippen LogP contribution >= 0.6 is 0 Å². The maximum atomic E-state index is 9.28. The van der Waals surface area contributed by atoms with Crippen molar-refractivity contribution < 1.29 is 0 Å². The molecule has 6 nitrogen and oxygen atoms in total. The zero-order valence-electron chi connectivity index (χ0n) is 17.2. The predicted octanol–water partition coefficient (Wildman–Crippen LogP) is 3.23. The first-order valence-electron chi connectivity index (χ1n) is 10.6. The number of nitriles is 1. The number of hydrogen-bond acceptors (Lipinski definition) is 5. The number of para-hydroxylation sites is 1. The van der Waals surface area contributed by atoms with Crippen molar-refractivity contribution in [3.05, 3.63) is 54.8 Å².